The van der Waals surface area contributed by atoms with Crippen LogP contribution >= 0.6 is 0 Å². The Morgan fingerprint density at radius 2 is 1.84 bits per heavy atom. The molecule has 1 atom stereocenters. The summed E-state index contributed by atoms with van der Waals surface area (Å²) in [4.78, 5) is 4.47. The van der Waals surface area contributed by atoms with E-state index in [1.54, 1.807) is 0 Å². The SMILES string of the molecule is CC(C)(Cc1ccccn1)C1C=Cc2ccccc21. The highest BCUT2D eigenvalue weighted by molar-refractivity contribution is 5.62. The third-order valence-electron chi connectivity index (χ3n) is 4.00. The maximum atomic E-state index is 4.47. The number of benzene rings is 1. The van der Waals surface area contributed by atoms with Gasteiger partial charge in [-0.05, 0) is 35.1 Å². The number of aromatic nitrogens is 1. The number of nitrogens with zero attached hydrogens (tertiary/aromatic N) is 1. The van der Waals surface area contributed by atoms with Gasteiger partial charge in [-0.15, -0.1) is 0 Å². The minimum absolute atomic E-state index is 0.178. The molecule has 19 heavy (non-hydrogen) atoms. The highest BCUT2D eigenvalue weighted by atomic mass is 14.7. The first kappa shape index (κ1) is 12.2. The van der Waals surface area contributed by atoms with Crippen molar-refractivity contribution in [2.45, 2.75) is 26.2 Å². The molecule has 1 aliphatic carbocycles. The molecule has 0 saturated carbocycles. The Bertz CT molecular complexity index is 596. The average molecular weight is 249 g/mol. The van der Waals surface area contributed by atoms with Gasteiger partial charge in [0.05, 0.1) is 0 Å². The van der Waals surface area contributed by atoms with Crippen LogP contribution in [0.3, 0.4) is 0 Å². The van der Waals surface area contributed by atoms with Gasteiger partial charge < -0.3 is 0 Å². The zero-order valence-corrected chi connectivity index (χ0v) is 11.5. The van der Waals surface area contributed by atoms with Crippen LogP contribution in [0.5, 0.6) is 0 Å². The molecule has 1 aromatic heterocycles. The standard InChI is InChI=1S/C18H19N/c1-18(2,13-15-8-5-6-12-19-15)17-11-10-14-7-3-4-9-16(14)17/h3-12,17H,13H2,1-2H3. The fraction of sp³-hybridized carbons (Fsp3) is 0.278. The van der Waals surface area contributed by atoms with Gasteiger partial charge >= 0.3 is 0 Å². The fourth-order valence-electron chi connectivity index (χ4n) is 3.01. The zero-order valence-electron chi connectivity index (χ0n) is 11.5. The molecule has 96 valence electrons. The summed E-state index contributed by atoms with van der Waals surface area (Å²) in [5, 5.41) is 0. The Balaban J connectivity index is 1.88. The number of allylic oxidation sites excluding steroid dienone is 1. The van der Waals surface area contributed by atoms with E-state index in [1.807, 2.05) is 12.3 Å². The second kappa shape index (κ2) is 4.65. The number of rotatable bonds is 3. The van der Waals surface area contributed by atoms with Crippen LogP contribution in [0, 0.1) is 5.41 Å². The van der Waals surface area contributed by atoms with Crippen molar-refractivity contribution in [2.24, 2.45) is 5.41 Å². The molecule has 3 rings (SSSR count). The summed E-state index contributed by atoms with van der Waals surface area (Å²) in [6.45, 7) is 4.66. The summed E-state index contributed by atoms with van der Waals surface area (Å²) < 4.78 is 0. The van der Waals surface area contributed by atoms with Crippen LogP contribution in [-0.2, 0) is 6.42 Å². The molecule has 1 heterocycles. The topological polar surface area (TPSA) is 12.9 Å². The molecule has 0 radical (unpaired) electrons. The summed E-state index contributed by atoms with van der Waals surface area (Å²) in [5.74, 6) is 0.478. The molecular weight excluding hydrogens is 230 g/mol. The van der Waals surface area contributed by atoms with Crippen molar-refractivity contribution in [1.82, 2.24) is 4.98 Å². The minimum Gasteiger partial charge on any atom is -0.261 e. The van der Waals surface area contributed by atoms with E-state index in [4.69, 9.17) is 0 Å². The maximum absolute atomic E-state index is 4.47. The van der Waals surface area contributed by atoms with Crippen LogP contribution in [0.4, 0.5) is 0 Å². The van der Waals surface area contributed by atoms with E-state index >= 15 is 0 Å². The second-order valence-corrected chi connectivity index (χ2v) is 5.95. The zero-order chi connectivity index (χ0) is 13.3. The summed E-state index contributed by atoms with van der Waals surface area (Å²) in [7, 11) is 0. The predicted molar refractivity (Wildman–Crippen MR) is 79.9 cm³/mol. The van der Waals surface area contributed by atoms with Crippen LogP contribution in [0.1, 0.15) is 36.6 Å². The van der Waals surface area contributed by atoms with Crippen molar-refractivity contribution in [1.29, 1.82) is 0 Å². The van der Waals surface area contributed by atoms with Crippen molar-refractivity contribution in [2.75, 3.05) is 0 Å². The van der Waals surface area contributed by atoms with Crippen LogP contribution in [0.2, 0.25) is 0 Å². The van der Waals surface area contributed by atoms with Crippen molar-refractivity contribution in [3.8, 4) is 0 Å². The summed E-state index contributed by atoms with van der Waals surface area (Å²) in [6.07, 6.45) is 7.47. The van der Waals surface area contributed by atoms with E-state index in [2.05, 4.69) is 67.4 Å². The van der Waals surface area contributed by atoms with Gasteiger partial charge in [-0.25, -0.2) is 0 Å². The first-order valence-electron chi connectivity index (χ1n) is 6.84. The monoisotopic (exact) mass is 249 g/mol. The van der Waals surface area contributed by atoms with E-state index < -0.39 is 0 Å². The highest BCUT2D eigenvalue weighted by Crippen LogP contribution is 2.44. The van der Waals surface area contributed by atoms with Gasteiger partial charge in [0.1, 0.15) is 0 Å². The normalized spacial score (nSPS) is 17.5. The third-order valence-corrected chi connectivity index (χ3v) is 4.00. The number of hydrogen-bond acceptors (Lipinski definition) is 1. The Morgan fingerprint density at radius 3 is 2.63 bits per heavy atom. The van der Waals surface area contributed by atoms with Gasteiger partial charge in [0.15, 0.2) is 0 Å². The molecule has 1 unspecified atom stereocenters. The average Bonchev–Trinajstić information content (AvgIpc) is 2.84. The molecule has 0 saturated heterocycles. The molecular formula is C18H19N. The Kier molecular flexibility index (Phi) is 2.98. The molecule has 0 N–H and O–H groups in total. The molecule has 1 nitrogen and oxygen atoms in total. The van der Waals surface area contributed by atoms with E-state index in [9.17, 15) is 0 Å². The van der Waals surface area contributed by atoms with E-state index in [1.165, 1.54) is 16.8 Å². The van der Waals surface area contributed by atoms with Gasteiger partial charge in [-0.3, -0.25) is 4.98 Å². The lowest BCUT2D eigenvalue weighted by atomic mass is 9.73. The Hall–Kier alpha value is -1.89. The first-order chi connectivity index (χ1) is 9.17. The van der Waals surface area contributed by atoms with Gasteiger partial charge in [0.25, 0.3) is 0 Å². The third kappa shape index (κ3) is 2.33. The largest absolute Gasteiger partial charge is 0.261 e. The highest BCUT2D eigenvalue weighted by Gasteiger charge is 2.32. The van der Waals surface area contributed by atoms with Crippen molar-refractivity contribution >= 4 is 6.08 Å². The van der Waals surface area contributed by atoms with Crippen LogP contribution in [-0.4, -0.2) is 4.98 Å². The van der Waals surface area contributed by atoms with Crippen LogP contribution in [0.15, 0.2) is 54.7 Å². The minimum atomic E-state index is 0.178. The number of fused-ring (bicyclic) bond motifs is 1. The van der Waals surface area contributed by atoms with Crippen molar-refractivity contribution in [3.05, 3.63) is 71.6 Å². The lowest BCUT2D eigenvalue weighted by Crippen LogP contribution is -2.23. The summed E-state index contributed by atoms with van der Waals surface area (Å²) >= 11 is 0. The molecule has 1 heteroatoms. The quantitative estimate of drug-likeness (QED) is 0.782. The van der Waals surface area contributed by atoms with E-state index in [0.29, 0.717) is 5.92 Å². The van der Waals surface area contributed by atoms with Crippen molar-refractivity contribution in [3.63, 3.8) is 0 Å². The van der Waals surface area contributed by atoms with Gasteiger partial charge in [0.2, 0.25) is 0 Å². The van der Waals surface area contributed by atoms with Crippen LogP contribution < -0.4 is 0 Å². The molecule has 0 fully saturated rings. The molecule has 0 aliphatic heterocycles. The number of hydrogen-bond donors (Lipinski definition) is 0. The molecule has 0 amide bonds. The van der Waals surface area contributed by atoms with Gasteiger partial charge in [0, 0.05) is 17.8 Å². The lowest BCUT2D eigenvalue weighted by molar-refractivity contribution is 0.321. The molecule has 1 aliphatic rings. The van der Waals surface area contributed by atoms with Crippen molar-refractivity contribution < 1.29 is 0 Å². The second-order valence-electron chi connectivity index (χ2n) is 5.95. The molecule has 0 spiro atoms. The summed E-state index contributed by atoms with van der Waals surface area (Å²) in [6, 6.07) is 14.8. The Morgan fingerprint density at radius 1 is 1.05 bits per heavy atom. The fourth-order valence-corrected chi connectivity index (χ4v) is 3.01. The van der Waals surface area contributed by atoms with Gasteiger partial charge in [-0.1, -0.05) is 56.3 Å². The van der Waals surface area contributed by atoms with Gasteiger partial charge in [-0.2, -0.15) is 0 Å². The lowest BCUT2D eigenvalue weighted by Gasteiger charge is -2.31. The first-order valence-corrected chi connectivity index (χ1v) is 6.84. The van der Waals surface area contributed by atoms with E-state index in [-0.39, 0.29) is 5.41 Å². The Labute approximate surface area is 115 Å². The predicted octanol–water partition coefficient (Wildman–Crippen LogP) is 4.46. The molecule has 0 bridgehead atoms. The summed E-state index contributed by atoms with van der Waals surface area (Å²) in [5.41, 5.74) is 4.16. The maximum Gasteiger partial charge on any atom is 0.0409 e. The number of pyridine rings is 1. The molecule has 1 aromatic carbocycles. The molecule has 2 aromatic rings. The van der Waals surface area contributed by atoms with E-state index in [0.717, 1.165) is 6.42 Å². The van der Waals surface area contributed by atoms with Crippen LogP contribution in [0.25, 0.3) is 6.08 Å². The smallest absolute Gasteiger partial charge is 0.0409 e.